The zero-order valence-corrected chi connectivity index (χ0v) is 10.5. The Hall–Kier alpha value is -1.91. The lowest BCUT2D eigenvalue weighted by molar-refractivity contribution is -0.128. The summed E-state index contributed by atoms with van der Waals surface area (Å²) in [5.41, 5.74) is 6.29. The van der Waals surface area contributed by atoms with Crippen LogP contribution in [0.25, 0.3) is 0 Å². The summed E-state index contributed by atoms with van der Waals surface area (Å²) in [5.74, 6) is 1.48. The summed E-state index contributed by atoms with van der Waals surface area (Å²) in [6, 6.07) is 5.26. The lowest BCUT2D eigenvalue weighted by Crippen LogP contribution is -2.29. The summed E-state index contributed by atoms with van der Waals surface area (Å²) in [6.45, 7) is 1.92. The molecule has 0 bridgehead atoms. The zero-order chi connectivity index (χ0) is 13.0. The lowest BCUT2D eigenvalue weighted by Gasteiger charge is -2.16. The number of carbonyl (C=O) groups is 1. The van der Waals surface area contributed by atoms with Crippen molar-refractivity contribution in [3.63, 3.8) is 0 Å². The van der Waals surface area contributed by atoms with E-state index in [2.05, 4.69) is 0 Å². The van der Waals surface area contributed by atoms with Crippen molar-refractivity contribution >= 4 is 11.6 Å². The Morgan fingerprint density at radius 1 is 1.39 bits per heavy atom. The van der Waals surface area contributed by atoms with Crippen molar-refractivity contribution in [2.45, 2.75) is 12.8 Å². The van der Waals surface area contributed by atoms with E-state index in [1.165, 1.54) is 0 Å². The van der Waals surface area contributed by atoms with Gasteiger partial charge in [-0.3, -0.25) is 4.79 Å². The molecule has 98 valence electrons. The molecular weight excluding hydrogens is 232 g/mol. The minimum absolute atomic E-state index is 0.211. The van der Waals surface area contributed by atoms with Gasteiger partial charge < -0.3 is 20.1 Å². The Morgan fingerprint density at radius 3 is 2.89 bits per heavy atom. The van der Waals surface area contributed by atoms with Crippen LogP contribution < -0.4 is 15.2 Å². The van der Waals surface area contributed by atoms with Crippen molar-refractivity contribution in [2.75, 3.05) is 32.5 Å². The highest BCUT2D eigenvalue weighted by Crippen LogP contribution is 2.28. The van der Waals surface area contributed by atoms with Crippen molar-refractivity contribution < 1.29 is 14.3 Å². The molecule has 2 N–H and O–H groups in total. The van der Waals surface area contributed by atoms with E-state index >= 15 is 0 Å². The van der Waals surface area contributed by atoms with E-state index < -0.39 is 0 Å². The standard InChI is InChI=1S/C13H18N2O3/c1-17-12-9-10(14)4-5-11(12)18-8-7-15-6-2-3-13(15)16/h4-5,9H,2-3,6-8,14H2,1H3. The molecule has 0 saturated carbocycles. The first-order chi connectivity index (χ1) is 8.70. The lowest BCUT2D eigenvalue weighted by atomic mass is 10.3. The molecule has 5 heteroatoms. The highest BCUT2D eigenvalue weighted by Gasteiger charge is 2.19. The van der Waals surface area contributed by atoms with Gasteiger partial charge in [-0.05, 0) is 18.6 Å². The molecule has 2 rings (SSSR count). The van der Waals surface area contributed by atoms with Gasteiger partial charge in [0.05, 0.1) is 13.7 Å². The van der Waals surface area contributed by atoms with Crippen LogP contribution in [0.15, 0.2) is 18.2 Å². The van der Waals surface area contributed by atoms with Crippen molar-refractivity contribution in [1.29, 1.82) is 0 Å². The predicted octanol–water partition coefficient (Wildman–Crippen LogP) is 1.28. The minimum Gasteiger partial charge on any atom is -0.493 e. The molecule has 1 aliphatic heterocycles. The number of ether oxygens (including phenoxy) is 2. The van der Waals surface area contributed by atoms with Gasteiger partial charge >= 0.3 is 0 Å². The second-order valence-corrected chi connectivity index (χ2v) is 4.24. The van der Waals surface area contributed by atoms with E-state index in [-0.39, 0.29) is 5.91 Å². The second-order valence-electron chi connectivity index (χ2n) is 4.24. The molecule has 0 spiro atoms. The Labute approximate surface area is 106 Å². The molecule has 0 aromatic heterocycles. The third-order valence-corrected chi connectivity index (χ3v) is 2.98. The van der Waals surface area contributed by atoms with Crippen LogP contribution in [0.1, 0.15) is 12.8 Å². The molecule has 1 heterocycles. The molecule has 0 atom stereocenters. The van der Waals surface area contributed by atoms with Crippen molar-refractivity contribution in [3.05, 3.63) is 18.2 Å². The average molecular weight is 250 g/mol. The van der Waals surface area contributed by atoms with Crippen LogP contribution in [0.4, 0.5) is 5.69 Å². The van der Waals surface area contributed by atoms with Crippen LogP contribution in [0.2, 0.25) is 0 Å². The number of nitrogens with two attached hydrogens (primary N) is 1. The number of hydrogen-bond acceptors (Lipinski definition) is 4. The molecule has 0 unspecified atom stereocenters. The van der Waals surface area contributed by atoms with E-state index in [1.807, 2.05) is 4.90 Å². The van der Waals surface area contributed by atoms with E-state index in [4.69, 9.17) is 15.2 Å². The normalized spacial score (nSPS) is 14.9. The van der Waals surface area contributed by atoms with Crippen LogP contribution in [0.5, 0.6) is 11.5 Å². The van der Waals surface area contributed by atoms with Crippen LogP contribution in [0, 0.1) is 0 Å². The highest BCUT2D eigenvalue weighted by molar-refractivity contribution is 5.78. The maximum Gasteiger partial charge on any atom is 0.222 e. The van der Waals surface area contributed by atoms with E-state index in [1.54, 1.807) is 25.3 Å². The molecule has 1 saturated heterocycles. The molecule has 5 nitrogen and oxygen atoms in total. The van der Waals surface area contributed by atoms with Gasteiger partial charge in [0.2, 0.25) is 5.91 Å². The van der Waals surface area contributed by atoms with Crippen LogP contribution in [-0.4, -0.2) is 37.6 Å². The van der Waals surface area contributed by atoms with Crippen LogP contribution >= 0.6 is 0 Å². The number of likely N-dealkylation sites (tertiary alicyclic amines) is 1. The Morgan fingerprint density at radius 2 is 2.22 bits per heavy atom. The molecule has 1 aromatic rings. The molecule has 1 aromatic carbocycles. The fraction of sp³-hybridized carbons (Fsp3) is 0.462. The molecular formula is C13H18N2O3. The highest BCUT2D eigenvalue weighted by atomic mass is 16.5. The SMILES string of the molecule is COc1cc(N)ccc1OCCN1CCCC1=O. The van der Waals surface area contributed by atoms with Gasteiger partial charge in [-0.25, -0.2) is 0 Å². The first kappa shape index (κ1) is 12.5. The fourth-order valence-corrected chi connectivity index (χ4v) is 2.01. The predicted molar refractivity (Wildman–Crippen MR) is 68.7 cm³/mol. The van der Waals surface area contributed by atoms with Gasteiger partial charge in [-0.2, -0.15) is 0 Å². The van der Waals surface area contributed by atoms with Crippen molar-refractivity contribution in [2.24, 2.45) is 0 Å². The number of nitrogens with zero attached hydrogens (tertiary/aromatic N) is 1. The number of benzene rings is 1. The largest absolute Gasteiger partial charge is 0.493 e. The summed E-state index contributed by atoms with van der Waals surface area (Å²) < 4.78 is 10.8. The van der Waals surface area contributed by atoms with Gasteiger partial charge in [0.15, 0.2) is 11.5 Å². The number of amides is 1. The number of rotatable bonds is 5. The quantitative estimate of drug-likeness (QED) is 0.799. The maximum absolute atomic E-state index is 11.4. The molecule has 0 radical (unpaired) electrons. The van der Waals surface area contributed by atoms with E-state index in [9.17, 15) is 4.79 Å². The second kappa shape index (κ2) is 5.62. The van der Waals surface area contributed by atoms with Crippen molar-refractivity contribution in [1.82, 2.24) is 4.90 Å². The molecule has 1 aliphatic rings. The fourth-order valence-electron chi connectivity index (χ4n) is 2.01. The summed E-state index contributed by atoms with van der Waals surface area (Å²) in [5, 5.41) is 0. The third-order valence-electron chi connectivity index (χ3n) is 2.98. The summed E-state index contributed by atoms with van der Waals surface area (Å²) in [7, 11) is 1.58. The third kappa shape index (κ3) is 2.85. The first-order valence-electron chi connectivity index (χ1n) is 6.05. The van der Waals surface area contributed by atoms with Crippen molar-refractivity contribution in [3.8, 4) is 11.5 Å². The topological polar surface area (TPSA) is 64.8 Å². The number of anilines is 1. The van der Waals surface area contributed by atoms with E-state index in [0.717, 1.165) is 13.0 Å². The van der Waals surface area contributed by atoms with Crippen LogP contribution in [0.3, 0.4) is 0 Å². The number of nitrogen functional groups attached to an aromatic ring is 1. The van der Waals surface area contributed by atoms with Gasteiger partial charge in [-0.1, -0.05) is 0 Å². The van der Waals surface area contributed by atoms with Gasteiger partial charge in [0.1, 0.15) is 6.61 Å². The summed E-state index contributed by atoms with van der Waals surface area (Å²) in [4.78, 5) is 13.2. The zero-order valence-electron chi connectivity index (χ0n) is 10.5. The molecule has 18 heavy (non-hydrogen) atoms. The number of carbonyl (C=O) groups excluding carboxylic acids is 1. The molecule has 1 amide bonds. The van der Waals surface area contributed by atoms with Gasteiger partial charge in [-0.15, -0.1) is 0 Å². The number of hydrogen-bond donors (Lipinski definition) is 1. The van der Waals surface area contributed by atoms with E-state index in [0.29, 0.717) is 36.8 Å². The Kier molecular flexibility index (Phi) is 3.92. The minimum atomic E-state index is 0.211. The number of methoxy groups -OCH3 is 1. The smallest absolute Gasteiger partial charge is 0.222 e. The summed E-state index contributed by atoms with van der Waals surface area (Å²) >= 11 is 0. The van der Waals surface area contributed by atoms with Crippen LogP contribution in [-0.2, 0) is 4.79 Å². The Balaban J connectivity index is 1.88. The Bertz CT molecular complexity index is 434. The average Bonchev–Trinajstić information content (AvgIpc) is 2.77. The monoisotopic (exact) mass is 250 g/mol. The van der Waals surface area contributed by atoms with Gasteiger partial charge in [0, 0.05) is 24.7 Å². The summed E-state index contributed by atoms with van der Waals surface area (Å²) in [6.07, 6.45) is 1.61. The maximum atomic E-state index is 11.4. The molecule has 1 fully saturated rings. The molecule has 0 aliphatic carbocycles. The first-order valence-corrected chi connectivity index (χ1v) is 6.05. The van der Waals surface area contributed by atoms with Gasteiger partial charge in [0.25, 0.3) is 0 Å².